The van der Waals surface area contributed by atoms with Crippen LogP contribution in [0.25, 0.3) is 0 Å². The van der Waals surface area contributed by atoms with Gasteiger partial charge in [0.2, 0.25) is 0 Å². The molecule has 11 aliphatic heterocycles. The molecule has 22 nitrogen and oxygen atoms in total. The first-order valence-corrected chi connectivity index (χ1v) is 27.5. The van der Waals surface area contributed by atoms with Crippen molar-refractivity contribution in [3.8, 4) is 0 Å². The Labute approximate surface area is 638 Å². The van der Waals surface area contributed by atoms with Crippen LogP contribution < -0.4 is 0 Å². The summed E-state index contributed by atoms with van der Waals surface area (Å²) >= 11 is 0. The molecule has 0 saturated carbocycles. The molecule has 440 valence electrons. The van der Waals surface area contributed by atoms with Crippen molar-refractivity contribution in [1.82, 2.24) is 75.6 Å². The Morgan fingerprint density at radius 2 is 0.817 bits per heavy atom. The molecule has 0 atom stereocenters. The van der Waals surface area contributed by atoms with E-state index in [0.717, 1.165) is 65.6 Å². The summed E-state index contributed by atoms with van der Waals surface area (Å²) in [5.41, 5.74) is 0. The molecule has 0 bridgehead atoms. The molecular formula is C40H104B15N16O6Y5. The SMILES string of the molecule is C1CCN2B(C1)N1CCCO[B-]1N1CCCOB21.C1CN2B(O1)N1CCOB1N1CCO[B-]21.CB1N(C)B(C)N(C)[B-](C)N1C.CB1N(C)B(N(C)C)N(C)[B-](C)N1C.COB1N(C)B(C)N(C)[B-](C)N1C.[CH3+].[CH3+].[CH3+].[CH3+].[CH3+].[Y].[Y].[Y].[Y].[Y]. The number of fused-ring (bicyclic) bond motifs is 12. The first-order chi connectivity index (χ1) is 34.2. The van der Waals surface area contributed by atoms with Gasteiger partial charge < -0.3 is 104 Å². The van der Waals surface area contributed by atoms with Gasteiger partial charge in [-0.25, -0.2) is 0 Å². The minimum Gasteiger partial charge on any atom is -0.588 e. The van der Waals surface area contributed by atoms with E-state index in [-0.39, 0.29) is 244 Å². The standard InChI is InChI=1S/C10H20B3N3O2.C7H21B3N4.C6H12B3N3O3.C6H18B3N3O.C6H18B3N3.5CH3.5Y/c1-2-6-14-11(5-1)15-7-3-9-17-13(15)16-8-4-10-18-12(14)16;1-8-12(5)9(2)14(7)10(11(3)4)13(8)6;1-4-13-7-10(1)8-12(2-5-14-8)9-11(7)3-6-15-9;1-7-10(3)8(2)12(5)9(13-6)11(7)4;1-7-10(4)8(2)12(6)9(3)11(7)5;;;;;;;;;;/h1-10H2;1-7H3;1-6H2;1-6H3;1-6H3;5*1H3;;;;;/q5*-1;5*+1;;;;;. The second-order valence-corrected chi connectivity index (χ2v) is 22.4. The summed E-state index contributed by atoms with van der Waals surface area (Å²) in [5.74, 6) is 0. The number of hydrogen-bond donors (Lipinski definition) is 0. The van der Waals surface area contributed by atoms with Crippen molar-refractivity contribution < 1.29 is 191 Å². The third-order valence-corrected chi connectivity index (χ3v) is 18.6. The van der Waals surface area contributed by atoms with Crippen LogP contribution in [0.3, 0.4) is 0 Å². The van der Waals surface area contributed by atoms with Crippen molar-refractivity contribution >= 4 is 106 Å². The molecule has 0 N–H and O–H groups in total. The zero-order valence-electron chi connectivity index (χ0n) is 56.5. The molecule has 11 rings (SSSR count). The van der Waals surface area contributed by atoms with Crippen LogP contribution in [-0.2, 0) is 191 Å². The average molecular weight is 1510 g/mol. The van der Waals surface area contributed by atoms with Crippen LogP contribution in [0.4, 0.5) is 0 Å². The van der Waals surface area contributed by atoms with E-state index in [1.165, 1.54) is 38.7 Å². The summed E-state index contributed by atoms with van der Waals surface area (Å²) in [7, 11) is 26.4. The molecule has 11 aliphatic rings. The van der Waals surface area contributed by atoms with E-state index in [2.05, 4.69) is 201 Å². The third-order valence-electron chi connectivity index (χ3n) is 18.6. The zero-order chi connectivity index (χ0) is 52.5. The Balaban J connectivity index is -0.000000453. The van der Waals surface area contributed by atoms with Crippen LogP contribution in [0.1, 0.15) is 25.7 Å². The Kier molecular flexibility index (Phi) is 49.1. The second kappa shape index (κ2) is 43.1. The molecule has 11 saturated heterocycles. The van der Waals surface area contributed by atoms with Crippen LogP contribution in [0, 0.1) is 37.1 Å². The average Bonchev–Trinajstić information content (AvgIpc) is 4.20. The van der Waals surface area contributed by atoms with Crippen LogP contribution in [0.15, 0.2) is 0 Å². The largest absolute Gasteiger partial charge is 0.588 e. The first-order valence-electron chi connectivity index (χ1n) is 27.5. The fourth-order valence-corrected chi connectivity index (χ4v) is 12.8. The number of rotatable bonds is 2. The van der Waals surface area contributed by atoms with E-state index in [4.69, 9.17) is 27.9 Å². The van der Waals surface area contributed by atoms with Gasteiger partial charge in [-0.05, 0) is 114 Å². The Bertz CT molecular complexity index is 1470. The summed E-state index contributed by atoms with van der Waals surface area (Å²) in [5, 5.41) is 0. The van der Waals surface area contributed by atoms with Crippen molar-refractivity contribution in [3.05, 3.63) is 37.1 Å². The molecule has 10 radical (unpaired) electrons. The maximum absolute atomic E-state index is 6.05. The zero-order valence-corrected chi connectivity index (χ0v) is 70.7. The molecule has 11 heterocycles. The monoisotopic (exact) mass is 1510 g/mol. The topological polar surface area (TPSA) is 107 Å². The van der Waals surface area contributed by atoms with Gasteiger partial charge >= 0.3 is 35.9 Å². The van der Waals surface area contributed by atoms with Gasteiger partial charge in [0.15, 0.2) is 0 Å². The van der Waals surface area contributed by atoms with E-state index >= 15 is 0 Å². The maximum Gasteiger partial charge on any atom is 0.430 e. The summed E-state index contributed by atoms with van der Waals surface area (Å²) in [6.45, 7) is 30.1. The molecule has 0 aliphatic carbocycles. The van der Waals surface area contributed by atoms with Gasteiger partial charge in [0, 0.05) is 247 Å². The van der Waals surface area contributed by atoms with Crippen LogP contribution in [0.2, 0.25) is 54.1 Å². The van der Waals surface area contributed by atoms with Crippen molar-refractivity contribution in [2.75, 3.05) is 157 Å². The predicted molar refractivity (Wildman–Crippen MR) is 343 cm³/mol. The Morgan fingerprint density at radius 1 is 0.415 bits per heavy atom. The first kappa shape index (κ1) is 93.4. The number of nitrogens with zero attached hydrogens (tertiary/aromatic N) is 16. The fraction of sp³-hybridized carbons (Fsp3) is 0.875. The van der Waals surface area contributed by atoms with Crippen molar-refractivity contribution in [2.24, 2.45) is 0 Å². The molecule has 11 fully saturated rings. The van der Waals surface area contributed by atoms with Gasteiger partial charge in [-0.3, -0.25) is 0 Å². The van der Waals surface area contributed by atoms with Crippen molar-refractivity contribution in [3.63, 3.8) is 0 Å². The Hall–Kier alpha value is 4.96. The minimum absolute atomic E-state index is 0. The van der Waals surface area contributed by atoms with Crippen LogP contribution >= 0.6 is 0 Å². The van der Waals surface area contributed by atoms with Gasteiger partial charge in [0.05, 0.1) is 0 Å². The normalized spacial score (nSPS) is 24.9. The summed E-state index contributed by atoms with van der Waals surface area (Å²) in [6.07, 6.45) is 6.22. The summed E-state index contributed by atoms with van der Waals surface area (Å²) in [6, 6.07) is 0. The van der Waals surface area contributed by atoms with Gasteiger partial charge in [-0.1, -0.05) is 76.0 Å². The molecule has 0 spiro atoms. The van der Waals surface area contributed by atoms with E-state index < -0.39 is 0 Å². The van der Waals surface area contributed by atoms with Gasteiger partial charge in [-0.15, -0.1) is 0 Å². The molecule has 0 amide bonds. The van der Waals surface area contributed by atoms with E-state index in [0.29, 0.717) is 63.0 Å². The van der Waals surface area contributed by atoms with E-state index in [9.17, 15) is 0 Å². The maximum atomic E-state index is 6.05. The molecule has 42 heteroatoms. The minimum atomic E-state index is 0. The van der Waals surface area contributed by atoms with Gasteiger partial charge in [0.1, 0.15) is 14.4 Å². The summed E-state index contributed by atoms with van der Waals surface area (Å²) < 4.78 is 70.1. The molecule has 0 aromatic carbocycles. The molecule has 0 aromatic heterocycles. The van der Waals surface area contributed by atoms with Gasteiger partial charge in [0.25, 0.3) is 34.9 Å². The molecule has 0 aromatic rings. The summed E-state index contributed by atoms with van der Waals surface area (Å²) in [4.78, 5) is 2.25. The molecule has 82 heavy (non-hydrogen) atoms. The Morgan fingerprint density at radius 3 is 1.35 bits per heavy atom. The predicted octanol–water partition coefficient (Wildman–Crippen LogP) is -0.421. The molecule has 0 unspecified atom stereocenters. The van der Waals surface area contributed by atoms with Crippen molar-refractivity contribution in [1.29, 1.82) is 0 Å². The number of hydrogen-bond acceptors (Lipinski definition) is 22. The van der Waals surface area contributed by atoms with E-state index in [1.807, 2.05) is 0 Å². The fourth-order valence-electron chi connectivity index (χ4n) is 12.8. The van der Waals surface area contributed by atoms with Gasteiger partial charge in [-0.2, -0.15) is 20.5 Å². The van der Waals surface area contributed by atoms with Crippen LogP contribution in [0.5, 0.6) is 0 Å². The van der Waals surface area contributed by atoms with Crippen molar-refractivity contribution in [2.45, 2.75) is 79.8 Å². The third kappa shape index (κ3) is 20.7. The van der Waals surface area contributed by atoms with Crippen LogP contribution in [-0.4, -0.2) is 339 Å². The van der Waals surface area contributed by atoms with E-state index in [1.54, 1.807) is 7.11 Å². The molecular weight excluding hydrogens is 1410 g/mol. The second-order valence-electron chi connectivity index (χ2n) is 22.4. The smallest absolute Gasteiger partial charge is 0.430 e. The quantitative estimate of drug-likeness (QED) is 0.264.